The summed E-state index contributed by atoms with van der Waals surface area (Å²) in [5.41, 5.74) is 2.61. The summed E-state index contributed by atoms with van der Waals surface area (Å²) in [4.78, 5) is 12.9. The van der Waals surface area contributed by atoms with Gasteiger partial charge in [-0.25, -0.2) is 16.8 Å². The molecule has 0 saturated heterocycles. The average molecular weight is 570 g/mol. The summed E-state index contributed by atoms with van der Waals surface area (Å²) in [7, 11) is -7.81. The highest BCUT2D eigenvalue weighted by Crippen LogP contribution is 2.23. The number of aryl methyl sites for hydroxylation is 2. The van der Waals surface area contributed by atoms with Gasteiger partial charge in [-0.1, -0.05) is 29.8 Å². The Morgan fingerprint density at radius 2 is 1.32 bits per heavy atom. The minimum Gasteiger partial charge on any atom is -0.322 e. The van der Waals surface area contributed by atoms with Crippen LogP contribution in [0.5, 0.6) is 0 Å². The number of rotatable bonds is 8. The molecule has 0 aliphatic carbocycles. The van der Waals surface area contributed by atoms with E-state index >= 15 is 0 Å². The molecular weight excluding hydrogens is 546 g/mol. The Kier molecular flexibility index (Phi) is 7.77. The lowest BCUT2D eigenvalue weighted by molar-refractivity contribution is 0.102. The Hall–Kier alpha value is -3.86. The second kappa shape index (κ2) is 10.9. The molecular formula is C27H24ClN3O5S2. The van der Waals surface area contributed by atoms with Crippen LogP contribution in [0, 0.1) is 13.8 Å². The summed E-state index contributed by atoms with van der Waals surface area (Å²) in [5, 5.41) is 3.14. The van der Waals surface area contributed by atoms with Gasteiger partial charge in [-0.15, -0.1) is 0 Å². The first-order chi connectivity index (χ1) is 17.9. The van der Waals surface area contributed by atoms with Crippen molar-refractivity contribution in [2.24, 2.45) is 0 Å². The number of nitrogens with one attached hydrogen (secondary N) is 3. The molecule has 4 aromatic carbocycles. The Bertz CT molecular complexity index is 1700. The molecule has 0 fully saturated rings. The summed E-state index contributed by atoms with van der Waals surface area (Å²) < 4.78 is 56.4. The molecule has 3 N–H and O–H groups in total. The standard InChI is InChI=1S/C27H24ClN3O5S2/c1-18-4-3-5-24(16-18)31-38(35,36)26-17-20(7-6-19(26)2)27(32)29-22-12-14-25(15-13-22)37(33,34)30-23-10-8-21(28)9-11-23/h3-17,30-31H,1-2H3,(H,29,32). The fourth-order valence-electron chi connectivity index (χ4n) is 3.60. The maximum atomic E-state index is 13.0. The van der Waals surface area contributed by atoms with E-state index in [4.69, 9.17) is 11.6 Å². The van der Waals surface area contributed by atoms with Gasteiger partial charge in [0.2, 0.25) is 0 Å². The van der Waals surface area contributed by atoms with Crippen LogP contribution in [0.2, 0.25) is 5.02 Å². The van der Waals surface area contributed by atoms with Gasteiger partial charge < -0.3 is 5.32 Å². The third-order valence-electron chi connectivity index (χ3n) is 5.53. The number of anilines is 3. The zero-order valence-corrected chi connectivity index (χ0v) is 22.8. The first kappa shape index (κ1) is 27.2. The fraction of sp³-hybridized carbons (Fsp3) is 0.0741. The van der Waals surface area contributed by atoms with Gasteiger partial charge in [-0.3, -0.25) is 14.2 Å². The monoisotopic (exact) mass is 569 g/mol. The van der Waals surface area contributed by atoms with Crippen LogP contribution in [-0.2, 0) is 20.0 Å². The van der Waals surface area contributed by atoms with Gasteiger partial charge in [0.15, 0.2) is 0 Å². The zero-order valence-electron chi connectivity index (χ0n) is 20.4. The number of amides is 1. The van der Waals surface area contributed by atoms with Crippen molar-refractivity contribution in [3.63, 3.8) is 0 Å². The zero-order chi connectivity index (χ0) is 27.5. The molecule has 38 heavy (non-hydrogen) atoms. The molecule has 0 unspecified atom stereocenters. The van der Waals surface area contributed by atoms with Crippen LogP contribution >= 0.6 is 11.6 Å². The number of sulfonamides is 2. The molecule has 0 atom stereocenters. The van der Waals surface area contributed by atoms with Gasteiger partial charge in [0.05, 0.1) is 9.79 Å². The van der Waals surface area contributed by atoms with Crippen molar-refractivity contribution in [3.05, 3.63) is 113 Å². The van der Waals surface area contributed by atoms with E-state index in [2.05, 4.69) is 14.8 Å². The van der Waals surface area contributed by atoms with Gasteiger partial charge in [0.1, 0.15) is 0 Å². The third-order valence-corrected chi connectivity index (χ3v) is 8.70. The molecule has 0 bridgehead atoms. The van der Waals surface area contributed by atoms with E-state index in [0.29, 0.717) is 27.6 Å². The van der Waals surface area contributed by atoms with Crippen LogP contribution < -0.4 is 14.8 Å². The Balaban J connectivity index is 1.49. The van der Waals surface area contributed by atoms with E-state index in [1.165, 1.54) is 36.4 Å². The molecule has 8 nitrogen and oxygen atoms in total. The minimum atomic E-state index is -3.95. The number of benzene rings is 4. The van der Waals surface area contributed by atoms with Crippen molar-refractivity contribution in [2.75, 3.05) is 14.8 Å². The highest BCUT2D eigenvalue weighted by molar-refractivity contribution is 7.93. The van der Waals surface area contributed by atoms with E-state index in [9.17, 15) is 21.6 Å². The van der Waals surface area contributed by atoms with Crippen LogP contribution in [0.15, 0.2) is 101 Å². The van der Waals surface area contributed by atoms with E-state index in [1.807, 2.05) is 13.0 Å². The molecule has 1 amide bonds. The number of hydrogen-bond donors (Lipinski definition) is 3. The minimum absolute atomic E-state index is 0.00334. The van der Waals surface area contributed by atoms with Crippen molar-refractivity contribution in [3.8, 4) is 0 Å². The molecule has 0 saturated carbocycles. The molecule has 196 valence electrons. The van der Waals surface area contributed by atoms with Crippen LogP contribution in [0.4, 0.5) is 17.1 Å². The molecule has 11 heteroatoms. The molecule has 4 aromatic rings. The molecule has 4 rings (SSSR count). The summed E-state index contributed by atoms with van der Waals surface area (Å²) >= 11 is 5.83. The van der Waals surface area contributed by atoms with Gasteiger partial charge in [-0.05, 0) is 97.8 Å². The smallest absolute Gasteiger partial charge is 0.262 e. The number of hydrogen-bond acceptors (Lipinski definition) is 5. The van der Waals surface area contributed by atoms with Crippen molar-refractivity contribution in [1.82, 2.24) is 0 Å². The lowest BCUT2D eigenvalue weighted by Crippen LogP contribution is -2.17. The predicted molar refractivity (Wildman–Crippen MR) is 150 cm³/mol. The van der Waals surface area contributed by atoms with E-state index < -0.39 is 26.0 Å². The Morgan fingerprint density at radius 3 is 1.97 bits per heavy atom. The average Bonchev–Trinajstić information content (AvgIpc) is 2.85. The Labute approximate surface area is 226 Å². The predicted octanol–water partition coefficient (Wildman–Crippen LogP) is 5.81. The Morgan fingerprint density at radius 1 is 0.684 bits per heavy atom. The van der Waals surface area contributed by atoms with Crippen LogP contribution in [0.3, 0.4) is 0 Å². The molecule has 0 heterocycles. The summed E-state index contributed by atoms with van der Waals surface area (Å²) in [6.45, 7) is 3.50. The fourth-order valence-corrected chi connectivity index (χ4v) is 6.11. The molecule has 0 radical (unpaired) electrons. The summed E-state index contributed by atoms with van der Waals surface area (Å²) in [5.74, 6) is -0.549. The molecule has 0 aliphatic heterocycles. The summed E-state index contributed by atoms with van der Waals surface area (Å²) in [6.07, 6.45) is 0. The van der Waals surface area contributed by atoms with Gasteiger partial charge in [-0.2, -0.15) is 0 Å². The van der Waals surface area contributed by atoms with Gasteiger partial charge in [0.25, 0.3) is 26.0 Å². The van der Waals surface area contributed by atoms with Crippen LogP contribution in [0.25, 0.3) is 0 Å². The van der Waals surface area contributed by atoms with E-state index in [1.54, 1.807) is 55.5 Å². The van der Waals surface area contributed by atoms with E-state index in [-0.39, 0.29) is 15.4 Å². The van der Waals surface area contributed by atoms with Crippen molar-refractivity contribution >= 4 is 54.6 Å². The topological polar surface area (TPSA) is 121 Å². The quantitative estimate of drug-likeness (QED) is 0.247. The lowest BCUT2D eigenvalue weighted by atomic mass is 10.1. The van der Waals surface area contributed by atoms with Crippen molar-refractivity contribution < 1.29 is 21.6 Å². The first-order valence-electron chi connectivity index (χ1n) is 11.3. The number of carbonyl (C=O) groups excluding carboxylic acids is 1. The number of halogens is 1. The maximum absolute atomic E-state index is 13.0. The van der Waals surface area contributed by atoms with Crippen LogP contribution in [-0.4, -0.2) is 22.7 Å². The largest absolute Gasteiger partial charge is 0.322 e. The molecule has 0 aromatic heterocycles. The van der Waals surface area contributed by atoms with Gasteiger partial charge >= 0.3 is 0 Å². The maximum Gasteiger partial charge on any atom is 0.262 e. The van der Waals surface area contributed by atoms with Crippen molar-refractivity contribution in [1.29, 1.82) is 0 Å². The second-order valence-electron chi connectivity index (χ2n) is 8.55. The van der Waals surface area contributed by atoms with Crippen molar-refractivity contribution in [2.45, 2.75) is 23.6 Å². The van der Waals surface area contributed by atoms with Crippen LogP contribution in [0.1, 0.15) is 21.5 Å². The number of carbonyl (C=O) groups is 1. The summed E-state index contributed by atoms with van der Waals surface area (Å²) in [6, 6.07) is 23.1. The third kappa shape index (κ3) is 6.52. The molecule has 0 aliphatic rings. The second-order valence-corrected chi connectivity index (χ2v) is 12.3. The normalized spacial score (nSPS) is 11.6. The lowest BCUT2D eigenvalue weighted by Gasteiger charge is -2.13. The highest BCUT2D eigenvalue weighted by atomic mass is 35.5. The highest BCUT2D eigenvalue weighted by Gasteiger charge is 2.20. The first-order valence-corrected chi connectivity index (χ1v) is 14.7. The van der Waals surface area contributed by atoms with Gasteiger partial charge in [0, 0.05) is 27.6 Å². The SMILES string of the molecule is Cc1cccc(NS(=O)(=O)c2cc(C(=O)Nc3ccc(S(=O)(=O)Nc4ccc(Cl)cc4)cc3)ccc2C)c1. The molecule has 0 spiro atoms. The van der Waals surface area contributed by atoms with E-state index in [0.717, 1.165) is 5.56 Å².